The van der Waals surface area contributed by atoms with Crippen LogP contribution in [0.25, 0.3) is 5.57 Å². The van der Waals surface area contributed by atoms with E-state index in [1.807, 2.05) is 0 Å². The summed E-state index contributed by atoms with van der Waals surface area (Å²) in [6.07, 6.45) is 7.03. The molecule has 1 aliphatic rings. The number of benzene rings is 1. The van der Waals surface area contributed by atoms with Crippen LogP contribution in [0.1, 0.15) is 36.5 Å². The zero-order valence-electron chi connectivity index (χ0n) is 9.22. The lowest BCUT2D eigenvalue weighted by molar-refractivity contribution is 0.911. The second kappa shape index (κ2) is 4.85. The summed E-state index contributed by atoms with van der Waals surface area (Å²) in [6.45, 7) is 2.17. The average molecular weight is 221 g/mol. The average Bonchev–Trinajstić information content (AvgIpc) is 2.72. The monoisotopic (exact) mass is 220 g/mol. The van der Waals surface area contributed by atoms with Crippen LogP contribution in [0.2, 0.25) is 0 Å². The third kappa shape index (κ3) is 2.43. The second-order valence-corrected chi connectivity index (χ2v) is 4.58. The standard InChI is InChI=1S/C14H17Cl/c1-11(4-3-9-15)13-8-7-12-5-2-6-14(12)10-13/h4,7-8,10H,2-3,5-6,9H2,1H3/b11-4-. The van der Waals surface area contributed by atoms with Gasteiger partial charge in [0, 0.05) is 5.88 Å². The fourth-order valence-corrected chi connectivity index (χ4v) is 2.32. The fourth-order valence-electron chi connectivity index (χ4n) is 2.21. The van der Waals surface area contributed by atoms with E-state index in [0.717, 1.165) is 6.42 Å². The maximum Gasteiger partial charge on any atom is 0.0258 e. The quantitative estimate of drug-likeness (QED) is 0.670. The minimum absolute atomic E-state index is 0.711. The van der Waals surface area contributed by atoms with Crippen LogP contribution in [0.4, 0.5) is 0 Å². The molecule has 0 aromatic heterocycles. The summed E-state index contributed by atoms with van der Waals surface area (Å²) in [6, 6.07) is 6.88. The molecule has 15 heavy (non-hydrogen) atoms. The van der Waals surface area contributed by atoms with Gasteiger partial charge in [-0.3, -0.25) is 0 Å². The highest BCUT2D eigenvalue weighted by molar-refractivity contribution is 6.17. The molecule has 0 spiro atoms. The molecule has 0 saturated heterocycles. The summed E-state index contributed by atoms with van der Waals surface area (Å²) in [5, 5.41) is 0. The summed E-state index contributed by atoms with van der Waals surface area (Å²) in [5.41, 5.74) is 5.81. The van der Waals surface area contributed by atoms with Crippen molar-refractivity contribution in [1.29, 1.82) is 0 Å². The van der Waals surface area contributed by atoms with Crippen molar-refractivity contribution in [2.45, 2.75) is 32.6 Å². The topological polar surface area (TPSA) is 0 Å². The summed E-state index contributed by atoms with van der Waals surface area (Å²) < 4.78 is 0. The number of hydrogen-bond acceptors (Lipinski definition) is 0. The molecule has 0 amide bonds. The van der Waals surface area contributed by atoms with E-state index >= 15 is 0 Å². The zero-order valence-corrected chi connectivity index (χ0v) is 9.98. The molecule has 2 rings (SSSR count). The van der Waals surface area contributed by atoms with Crippen LogP contribution in [0.15, 0.2) is 24.3 Å². The van der Waals surface area contributed by atoms with Gasteiger partial charge >= 0.3 is 0 Å². The van der Waals surface area contributed by atoms with Crippen LogP contribution in [0.3, 0.4) is 0 Å². The van der Waals surface area contributed by atoms with Crippen molar-refractivity contribution in [2.24, 2.45) is 0 Å². The summed E-state index contributed by atoms with van der Waals surface area (Å²) >= 11 is 5.68. The predicted octanol–water partition coefficient (Wildman–Crippen LogP) is 4.21. The lowest BCUT2D eigenvalue weighted by Gasteiger charge is -2.05. The van der Waals surface area contributed by atoms with E-state index in [4.69, 9.17) is 11.6 Å². The molecule has 0 N–H and O–H groups in total. The molecule has 0 atom stereocenters. The van der Waals surface area contributed by atoms with Crippen LogP contribution in [-0.2, 0) is 12.8 Å². The third-order valence-electron chi connectivity index (χ3n) is 3.11. The normalized spacial score (nSPS) is 15.5. The van der Waals surface area contributed by atoms with Gasteiger partial charge in [-0.1, -0.05) is 24.3 Å². The molecule has 80 valence electrons. The highest BCUT2D eigenvalue weighted by atomic mass is 35.5. The predicted molar refractivity (Wildman–Crippen MR) is 67.5 cm³/mol. The molecular weight excluding hydrogens is 204 g/mol. The molecule has 0 bridgehead atoms. The molecule has 1 heteroatoms. The Bertz CT molecular complexity index is 377. The van der Waals surface area contributed by atoms with E-state index in [9.17, 15) is 0 Å². The Morgan fingerprint density at radius 1 is 1.33 bits per heavy atom. The second-order valence-electron chi connectivity index (χ2n) is 4.20. The van der Waals surface area contributed by atoms with Crippen LogP contribution in [-0.4, -0.2) is 5.88 Å². The number of allylic oxidation sites excluding steroid dienone is 2. The zero-order chi connectivity index (χ0) is 10.7. The molecule has 0 saturated carbocycles. The first-order valence-electron chi connectivity index (χ1n) is 5.66. The van der Waals surface area contributed by atoms with Gasteiger partial charge in [-0.2, -0.15) is 0 Å². The Morgan fingerprint density at radius 3 is 2.93 bits per heavy atom. The number of fused-ring (bicyclic) bond motifs is 1. The number of rotatable bonds is 3. The maximum absolute atomic E-state index is 5.68. The summed E-state index contributed by atoms with van der Waals surface area (Å²) in [5.74, 6) is 0.711. The Morgan fingerprint density at radius 2 is 2.13 bits per heavy atom. The molecule has 0 radical (unpaired) electrons. The van der Waals surface area contributed by atoms with E-state index in [2.05, 4.69) is 31.2 Å². The van der Waals surface area contributed by atoms with E-state index in [1.165, 1.54) is 30.4 Å². The van der Waals surface area contributed by atoms with Gasteiger partial charge in [0.15, 0.2) is 0 Å². The molecule has 0 unspecified atom stereocenters. The first kappa shape index (κ1) is 10.8. The Kier molecular flexibility index (Phi) is 3.48. The molecule has 0 fully saturated rings. The highest BCUT2D eigenvalue weighted by Crippen LogP contribution is 2.25. The van der Waals surface area contributed by atoms with Crippen molar-refractivity contribution in [3.8, 4) is 0 Å². The van der Waals surface area contributed by atoms with Crippen LogP contribution in [0.5, 0.6) is 0 Å². The highest BCUT2D eigenvalue weighted by Gasteiger charge is 2.10. The molecule has 1 aromatic rings. The molecule has 0 aliphatic heterocycles. The van der Waals surface area contributed by atoms with E-state index in [1.54, 1.807) is 11.1 Å². The van der Waals surface area contributed by atoms with Gasteiger partial charge in [-0.15, -0.1) is 11.6 Å². The molecule has 0 heterocycles. The van der Waals surface area contributed by atoms with E-state index < -0.39 is 0 Å². The number of aryl methyl sites for hydroxylation is 2. The van der Waals surface area contributed by atoms with Gasteiger partial charge in [-0.05, 0) is 54.9 Å². The van der Waals surface area contributed by atoms with Crippen molar-refractivity contribution < 1.29 is 0 Å². The van der Waals surface area contributed by atoms with Crippen molar-refractivity contribution in [3.63, 3.8) is 0 Å². The number of alkyl halides is 1. The van der Waals surface area contributed by atoms with Gasteiger partial charge < -0.3 is 0 Å². The smallest absolute Gasteiger partial charge is 0.0258 e. The largest absolute Gasteiger partial charge is 0.126 e. The van der Waals surface area contributed by atoms with Gasteiger partial charge in [0.05, 0.1) is 0 Å². The van der Waals surface area contributed by atoms with Crippen molar-refractivity contribution in [2.75, 3.05) is 5.88 Å². The summed E-state index contributed by atoms with van der Waals surface area (Å²) in [4.78, 5) is 0. The minimum atomic E-state index is 0.711. The molecule has 0 nitrogen and oxygen atoms in total. The summed E-state index contributed by atoms with van der Waals surface area (Å²) in [7, 11) is 0. The number of hydrogen-bond donors (Lipinski definition) is 0. The van der Waals surface area contributed by atoms with Crippen molar-refractivity contribution in [1.82, 2.24) is 0 Å². The van der Waals surface area contributed by atoms with Gasteiger partial charge in [0.2, 0.25) is 0 Å². The Labute approximate surface area is 97.0 Å². The maximum atomic E-state index is 5.68. The third-order valence-corrected chi connectivity index (χ3v) is 3.33. The van der Waals surface area contributed by atoms with Crippen molar-refractivity contribution >= 4 is 17.2 Å². The van der Waals surface area contributed by atoms with Crippen LogP contribution in [0, 0.1) is 0 Å². The fraction of sp³-hybridized carbons (Fsp3) is 0.429. The Balaban J connectivity index is 2.22. The first-order chi connectivity index (χ1) is 7.31. The molecule has 1 aromatic carbocycles. The Hall–Kier alpha value is -0.750. The van der Waals surface area contributed by atoms with E-state index in [0.29, 0.717) is 5.88 Å². The SMILES string of the molecule is C/C(=C/CCCl)c1ccc2c(c1)CCC2. The lowest BCUT2D eigenvalue weighted by Crippen LogP contribution is -1.86. The van der Waals surface area contributed by atoms with Gasteiger partial charge in [0.1, 0.15) is 0 Å². The van der Waals surface area contributed by atoms with Crippen LogP contribution < -0.4 is 0 Å². The van der Waals surface area contributed by atoms with Crippen LogP contribution >= 0.6 is 11.6 Å². The van der Waals surface area contributed by atoms with Crippen molar-refractivity contribution in [3.05, 3.63) is 41.0 Å². The van der Waals surface area contributed by atoms with E-state index in [-0.39, 0.29) is 0 Å². The first-order valence-corrected chi connectivity index (χ1v) is 6.19. The minimum Gasteiger partial charge on any atom is -0.126 e. The van der Waals surface area contributed by atoms with Gasteiger partial charge in [0.25, 0.3) is 0 Å². The molecular formula is C14H17Cl. The molecule has 1 aliphatic carbocycles. The van der Waals surface area contributed by atoms with Gasteiger partial charge in [-0.25, -0.2) is 0 Å². The lowest BCUT2D eigenvalue weighted by atomic mass is 10.0. The number of halogens is 1.